The maximum atomic E-state index is 4.89. The smallest absolute Gasteiger partial charge is 0.0104 e. The van der Waals surface area contributed by atoms with Crippen molar-refractivity contribution in [2.24, 2.45) is 0 Å². The summed E-state index contributed by atoms with van der Waals surface area (Å²) in [6, 6.07) is 24.7. The van der Waals surface area contributed by atoms with E-state index in [1.165, 1.54) is 82.8 Å². The third kappa shape index (κ3) is 4.39. The fraction of sp³-hybridized carbons (Fsp3) is 0.200. The number of allylic oxidation sites excluding steroid dienone is 5. The molecule has 5 aromatic rings. The van der Waals surface area contributed by atoms with Crippen molar-refractivity contribution < 1.29 is 0 Å². The van der Waals surface area contributed by atoms with E-state index in [-0.39, 0.29) is 0 Å². The van der Waals surface area contributed by atoms with Crippen molar-refractivity contribution in [2.75, 3.05) is 0 Å². The average Bonchev–Trinajstić information content (AvgIpc) is 3.12. The molecule has 0 atom stereocenters. The van der Waals surface area contributed by atoms with Crippen molar-refractivity contribution in [1.29, 1.82) is 0 Å². The number of benzene rings is 5. The molecule has 0 aliphatic heterocycles. The van der Waals surface area contributed by atoms with Gasteiger partial charge < -0.3 is 0 Å². The van der Waals surface area contributed by atoms with Crippen LogP contribution in [0.15, 0.2) is 95.9 Å². The van der Waals surface area contributed by atoms with Crippen LogP contribution in [0.5, 0.6) is 0 Å². The van der Waals surface area contributed by atoms with Gasteiger partial charge in [-0.25, -0.2) is 0 Å². The Bertz CT molecular complexity index is 1950. The highest BCUT2D eigenvalue weighted by molar-refractivity contribution is 7.80. The van der Waals surface area contributed by atoms with E-state index in [4.69, 9.17) is 12.6 Å². The van der Waals surface area contributed by atoms with Crippen LogP contribution >= 0.6 is 12.6 Å². The normalized spacial score (nSPS) is 16.8. The zero-order valence-electron chi connectivity index (χ0n) is 24.2. The summed E-state index contributed by atoms with van der Waals surface area (Å²) in [5.41, 5.74) is 15.4. The first-order valence-corrected chi connectivity index (χ1v) is 15.4. The van der Waals surface area contributed by atoms with Gasteiger partial charge in [-0.1, -0.05) is 91.0 Å². The van der Waals surface area contributed by atoms with Crippen LogP contribution in [0, 0.1) is 20.8 Å². The summed E-state index contributed by atoms with van der Waals surface area (Å²) in [4.78, 5) is 1.15. The molecule has 202 valence electrons. The lowest BCUT2D eigenvalue weighted by Gasteiger charge is -2.24. The molecule has 0 spiro atoms. The molecule has 0 saturated carbocycles. The Balaban J connectivity index is 1.43. The lowest BCUT2D eigenvalue weighted by Crippen LogP contribution is -2.04. The molecule has 0 bridgehead atoms. The van der Waals surface area contributed by atoms with E-state index in [0.717, 1.165) is 37.0 Å². The average molecular weight is 549 g/mol. The predicted molar refractivity (Wildman–Crippen MR) is 181 cm³/mol. The van der Waals surface area contributed by atoms with E-state index < -0.39 is 0 Å². The van der Waals surface area contributed by atoms with E-state index in [9.17, 15) is 0 Å². The highest BCUT2D eigenvalue weighted by atomic mass is 32.1. The first-order chi connectivity index (χ1) is 20.0. The van der Waals surface area contributed by atoms with Crippen LogP contribution < -0.4 is 0 Å². The van der Waals surface area contributed by atoms with Crippen LogP contribution in [0.3, 0.4) is 0 Å². The quantitative estimate of drug-likeness (QED) is 0.208. The van der Waals surface area contributed by atoms with Crippen LogP contribution in [0.25, 0.3) is 44.3 Å². The van der Waals surface area contributed by atoms with Crippen molar-refractivity contribution >= 4 is 45.8 Å². The molecule has 0 N–H and O–H groups in total. The third-order valence-corrected chi connectivity index (χ3v) is 10.1. The van der Waals surface area contributed by atoms with Gasteiger partial charge in [0.25, 0.3) is 0 Å². The zero-order chi connectivity index (χ0) is 28.1. The number of fused-ring (bicyclic) bond motifs is 4. The van der Waals surface area contributed by atoms with Gasteiger partial charge in [0.05, 0.1) is 0 Å². The number of hydrogen-bond donors (Lipinski definition) is 1. The van der Waals surface area contributed by atoms with Gasteiger partial charge in [-0.3, -0.25) is 0 Å². The predicted octanol–water partition coefficient (Wildman–Crippen LogP) is 11.0. The lowest BCUT2D eigenvalue weighted by molar-refractivity contribution is 0.935. The first kappa shape index (κ1) is 26.1. The molecule has 2 aliphatic rings. The maximum Gasteiger partial charge on any atom is 0.0104 e. The molecular formula is C40H36S. The molecular weight excluding hydrogens is 513 g/mol. The van der Waals surface area contributed by atoms with E-state index >= 15 is 0 Å². The number of rotatable bonds is 2. The van der Waals surface area contributed by atoms with Crippen molar-refractivity contribution in [3.05, 3.63) is 136 Å². The molecule has 1 heteroatoms. The van der Waals surface area contributed by atoms with Crippen LogP contribution in [-0.2, 0) is 19.3 Å². The van der Waals surface area contributed by atoms with Crippen molar-refractivity contribution in [1.82, 2.24) is 0 Å². The number of hydrogen-bond acceptors (Lipinski definition) is 1. The molecule has 0 unspecified atom stereocenters. The van der Waals surface area contributed by atoms with Crippen LogP contribution in [-0.4, -0.2) is 0 Å². The topological polar surface area (TPSA) is 0 Å². The molecule has 41 heavy (non-hydrogen) atoms. The minimum atomic E-state index is 0.943. The monoisotopic (exact) mass is 548 g/mol. The maximum absolute atomic E-state index is 4.89. The molecule has 7 rings (SSSR count). The van der Waals surface area contributed by atoms with Gasteiger partial charge >= 0.3 is 0 Å². The van der Waals surface area contributed by atoms with E-state index in [1.54, 1.807) is 0 Å². The van der Waals surface area contributed by atoms with Crippen molar-refractivity contribution in [2.45, 2.75) is 57.8 Å². The van der Waals surface area contributed by atoms with Crippen LogP contribution in [0.1, 0.15) is 57.3 Å². The van der Waals surface area contributed by atoms with E-state index in [0.29, 0.717) is 0 Å². The second-order valence-electron chi connectivity index (χ2n) is 11.7. The van der Waals surface area contributed by atoms with Gasteiger partial charge in [0.1, 0.15) is 0 Å². The molecule has 5 aromatic carbocycles. The Hall–Kier alpha value is -3.81. The first-order valence-electron chi connectivity index (χ1n) is 14.9. The van der Waals surface area contributed by atoms with Gasteiger partial charge in [-0.2, -0.15) is 0 Å². The Morgan fingerprint density at radius 2 is 1.34 bits per heavy atom. The van der Waals surface area contributed by atoms with Crippen molar-refractivity contribution in [3.63, 3.8) is 0 Å². The van der Waals surface area contributed by atoms with Crippen LogP contribution in [0.4, 0.5) is 0 Å². The van der Waals surface area contributed by atoms with Crippen molar-refractivity contribution in [3.8, 4) is 11.1 Å². The summed E-state index contributed by atoms with van der Waals surface area (Å²) in [6.07, 6.45) is 17.2. The molecule has 2 aliphatic carbocycles. The van der Waals surface area contributed by atoms with E-state index in [2.05, 4.69) is 118 Å². The van der Waals surface area contributed by atoms with Gasteiger partial charge in [0.2, 0.25) is 0 Å². The minimum Gasteiger partial charge on any atom is -0.143 e. The summed E-state index contributed by atoms with van der Waals surface area (Å²) in [5.74, 6) is 0. The third-order valence-electron chi connectivity index (χ3n) is 9.45. The zero-order valence-corrected chi connectivity index (χ0v) is 25.1. The molecule has 0 radical (unpaired) electrons. The molecule has 0 nitrogen and oxygen atoms in total. The summed E-state index contributed by atoms with van der Waals surface area (Å²) >= 11 is 4.89. The minimum absolute atomic E-state index is 0.943. The summed E-state index contributed by atoms with van der Waals surface area (Å²) < 4.78 is 0. The van der Waals surface area contributed by atoms with Gasteiger partial charge in [-0.15, -0.1) is 12.6 Å². The Kier molecular flexibility index (Phi) is 6.72. The standard InChI is InChI=1S/C40H36S/c1-25-26(2)40(41)27(3)33-21-11-15-29(14-10-20-32(25)33)38-34-16-6-8-18-36(34)39(37-19-9-7-17-35(37)38)31-23-22-28-12-4-5-13-30(28)24-31/h4-8,11-18,22-24,41H,9-10,19-21H2,1-3H3/b15-11-,29-14+. The van der Waals surface area contributed by atoms with Gasteiger partial charge in [0, 0.05) is 4.90 Å². The second-order valence-corrected chi connectivity index (χ2v) is 12.1. The summed E-state index contributed by atoms with van der Waals surface area (Å²) in [7, 11) is 0. The second kappa shape index (κ2) is 10.5. The highest BCUT2D eigenvalue weighted by Crippen LogP contribution is 2.44. The van der Waals surface area contributed by atoms with Crippen LogP contribution in [0.2, 0.25) is 0 Å². The fourth-order valence-electron chi connectivity index (χ4n) is 7.19. The molecule has 0 aromatic heterocycles. The highest BCUT2D eigenvalue weighted by Gasteiger charge is 2.23. The number of thiol groups is 1. The Morgan fingerprint density at radius 1 is 0.610 bits per heavy atom. The fourth-order valence-corrected chi connectivity index (χ4v) is 7.50. The summed E-state index contributed by atoms with van der Waals surface area (Å²) in [5, 5.41) is 5.28. The molecule has 0 amide bonds. The molecule has 0 heterocycles. The Labute approximate surface area is 249 Å². The Morgan fingerprint density at radius 3 is 2.17 bits per heavy atom. The largest absolute Gasteiger partial charge is 0.143 e. The van der Waals surface area contributed by atoms with Gasteiger partial charge in [0.15, 0.2) is 0 Å². The van der Waals surface area contributed by atoms with E-state index in [1.807, 2.05) is 0 Å². The lowest BCUT2D eigenvalue weighted by atomic mass is 9.79. The SMILES string of the molecule is Cc1c(C)c2c(c(C)c1S)C/C=C\C(c1c3c(c(-c4ccc5ccccc5c4)c4ccccc14)CCC=C3)=C/CC2. The molecule has 0 saturated heterocycles. The molecule has 0 fully saturated rings. The summed E-state index contributed by atoms with van der Waals surface area (Å²) in [6.45, 7) is 6.74. The van der Waals surface area contributed by atoms with Gasteiger partial charge in [-0.05, 0) is 142 Å².